The molecule has 0 saturated heterocycles. The standard InChI is InChI=1S/C17H16BClO3/c1-11-2-4-14(10-16(11)19)17(20)9-12-3-5-13-6-7-22-18(21)15(13)8-12/h2-5,8,10,21H,6-7,9H2,1H3. The average molecular weight is 315 g/mol. The van der Waals surface area contributed by atoms with Crippen molar-refractivity contribution in [1.29, 1.82) is 0 Å². The highest BCUT2D eigenvalue weighted by Crippen LogP contribution is 2.18. The van der Waals surface area contributed by atoms with E-state index in [0.717, 1.165) is 28.6 Å². The van der Waals surface area contributed by atoms with Crippen LogP contribution in [0.5, 0.6) is 0 Å². The Hall–Kier alpha value is -1.62. The van der Waals surface area contributed by atoms with E-state index in [0.29, 0.717) is 17.2 Å². The van der Waals surface area contributed by atoms with Crippen molar-refractivity contribution >= 4 is 30.0 Å². The van der Waals surface area contributed by atoms with Crippen molar-refractivity contribution in [2.24, 2.45) is 0 Å². The molecule has 0 unspecified atom stereocenters. The number of hydrogen-bond acceptors (Lipinski definition) is 3. The SMILES string of the molecule is Cc1ccc(C(=O)Cc2ccc3c(c2)B(O)OCC3)cc1Cl. The maximum absolute atomic E-state index is 12.4. The topological polar surface area (TPSA) is 46.5 Å². The van der Waals surface area contributed by atoms with Crippen LogP contribution in [-0.2, 0) is 17.5 Å². The van der Waals surface area contributed by atoms with E-state index in [-0.39, 0.29) is 12.2 Å². The summed E-state index contributed by atoms with van der Waals surface area (Å²) in [5.74, 6) is 0.00747. The molecule has 3 rings (SSSR count). The van der Waals surface area contributed by atoms with Crippen LogP contribution < -0.4 is 5.46 Å². The van der Waals surface area contributed by atoms with E-state index in [2.05, 4.69) is 0 Å². The third-order valence-electron chi connectivity index (χ3n) is 3.98. The van der Waals surface area contributed by atoms with Crippen LogP contribution >= 0.6 is 11.6 Å². The van der Waals surface area contributed by atoms with Crippen molar-refractivity contribution in [3.05, 3.63) is 63.7 Å². The van der Waals surface area contributed by atoms with Gasteiger partial charge in [0.2, 0.25) is 0 Å². The minimum atomic E-state index is -0.896. The molecule has 0 radical (unpaired) electrons. The van der Waals surface area contributed by atoms with Crippen molar-refractivity contribution in [1.82, 2.24) is 0 Å². The Morgan fingerprint density at radius 2 is 2.14 bits per heavy atom. The van der Waals surface area contributed by atoms with Gasteiger partial charge in [-0.25, -0.2) is 0 Å². The minimum absolute atomic E-state index is 0.00747. The Bertz CT molecular complexity index is 730. The fourth-order valence-corrected chi connectivity index (χ4v) is 2.82. The predicted octanol–water partition coefficient (Wildman–Crippen LogP) is 2.33. The van der Waals surface area contributed by atoms with Gasteiger partial charge in [0.05, 0.1) is 0 Å². The smallest absolute Gasteiger partial charge is 0.423 e. The third kappa shape index (κ3) is 3.09. The summed E-state index contributed by atoms with van der Waals surface area (Å²) in [6.07, 6.45) is 1.06. The normalized spacial score (nSPS) is 13.9. The van der Waals surface area contributed by atoms with Crippen LogP contribution in [0.1, 0.15) is 27.0 Å². The summed E-state index contributed by atoms with van der Waals surface area (Å²) in [6, 6.07) is 11.1. The molecule has 1 aliphatic rings. The van der Waals surface area contributed by atoms with E-state index >= 15 is 0 Å². The summed E-state index contributed by atoms with van der Waals surface area (Å²) >= 11 is 6.07. The first kappa shape index (κ1) is 15.3. The van der Waals surface area contributed by atoms with E-state index in [4.69, 9.17) is 16.3 Å². The van der Waals surface area contributed by atoms with E-state index in [1.807, 2.05) is 31.2 Å². The van der Waals surface area contributed by atoms with Gasteiger partial charge in [0.15, 0.2) is 5.78 Å². The molecule has 2 aromatic carbocycles. The second kappa shape index (κ2) is 6.25. The molecule has 0 amide bonds. The lowest BCUT2D eigenvalue weighted by Crippen LogP contribution is -2.41. The van der Waals surface area contributed by atoms with E-state index in [1.165, 1.54) is 0 Å². The second-order valence-corrected chi connectivity index (χ2v) is 5.98. The molecule has 0 spiro atoms. The highest BCUT2D eigenvalue weighted by molar-refractivity contribution is 6.60. The minimum Gasteiger partial charge on any atom is -0.423 e. The zero-order valence-corrected chi connectivity index (χ0v) is 13.1. The summed E-state index contributed by atoms with van der Waals surface area (Å²) in [5.41, 5.74) is 4.26. The van der Waals surface area contributed by atoms with Crippen LogP contribution in [-0.4, -0.2) is 24.5 Å². The van der Waals surface area contributed by atoms with Crippen molar-refractivity contribution in [2.45, 2.75) is 19.8 Å². The number of benzene rings is 2. The summed E-state index contributed by atoms with van der Waals surface area (Å²) in [5, 5.41) is 10.5. The average Bonchev–Trinajstić information content (AvgIpc) is 2.51. The van der Waals surface area contributed by atoms with Crippen molar-refractivity contribution in [3.63, 3.8) is 0 Å². The van der Waals surface area contributed by atoms with Crippen LogP contribution in [0.3, 0.4) is 0 Å². The number of carbonyl (C=O) groups is 1. The third-order valence-corrected chi connectivity index (χ3v) is 4.39. The Balaban J connectivity index is 1.82. The predicted molar refractivity (Wildman–Crippen MR) is 87.9 cm³/mol. The lowest BCUT2D eigenvalue weighted by molar-refractivity contribution is 0.0993. The molecule has 3 nitrogen and oxygen atoms in total. The first-order valence-electron chi connectivity index (χ1n) is 7.25. The van der Waals surface area contributed by atoms with Gasteiger partial charge in [-0.2, -0.15) is 0 Å². The summed E-state index contributed by atoms with van der Waals surface area (Å²) < 4.78 is 5.23. The van der Waals surface area contributed by atoms with Crippen molar-refractivity contribution in [2.75, 3.05) is 6.61 Å². The molecule has 0 fully saturated rings. The van der Waals surface area contributed by atoms with Gasteiger partial charge in [-0.05, 0) is 41.6 Å². The van der Waals surface area contributed by atoms with Gasteiger partial charge < -0.3 is 9.68 Å². The Labute approximate surface area is 135 Å². The second-order valence-electron chi connectivity index (χ2n) is 5.57. The first-order valence-corrected chi connectivity index (χ1v) is 7.63. The maximum atomic E-state index is 12.4. The van der Waals surface area contributed by atoms with Gasteiger partial charge in [-0.1, -0.05) is 41.9 Å². The molecule has 0 saturated carbocycles. The molecule has 1 heterocycles. The number of hydrogen-bond donors (Lipinski definition) is 1. The zero-order chi connectivity index (χ0) is 15.7. The first-order chi connectivity index (χ1) is 10.5. The fraction of sp³-hybridized carbons (Fsp3) is 0.235. The molecule has 1 aliphatic heterocycles. The lowest BCUT2D eigenvalue weighted by atomic mass is 9.73. The zero-order valence-electron chi connectivity index (χ0n) is 12.3. The van der Waals surface area contributed by atoms with Gasteiger partial charge in [-0.3, -0.25) is 4.79 Å². The molecule has 22 heavy (non-hydrogen) atoms. The lowest BCUT2D eigenvalue weighted by Gasteiger charge is -2.19. The van der Waals surface area contributed by atoms with E-state index < -0.39 is 7.12 Å². The number of fused-ring (bicyclic) bond motifs is 1. The van der Waals surface area contributed by atoms with Crippen molar-refractivity contribution in [3.8, 4) is 0 Å². The monoisotopic (exact) mass is 314 g/mol. The van der Waals surface area contributed by atoms with Crippen LogP contribution in [0.2, 0.25) is 5.02 Å². The van der Waals surface area contributed by atoms with Gasteiger partial charge in [-0.15, -0.1) is 0 Å². The molecule has 112 valence electrons. The van der Waals surface area contributed by atoms with Gasteiger partial charge in [0.25, 0.3) is 0 Å². The Morgan fingerprint density at radius 3 is 2.91 bits per heavy atom. The summed E-state index contributed by atoms with van der Waals surface area (Å²) in [6.45, 7) is 2.43. The molecule has 0 atom stereocenters. The number of carbonyl (C=O) groups excluding carboxylic acids is 1. The number of ketones is 1. The van der Waals surface area contributed by atoms with Crippen LogP contribution in [0.25, 0.3) is 0 Å². The largest absolute Gasteiger partial charge is 0.491 e. The molecule has 1 N–H and O–H groups in total. The van der Waals surface area contributed by atoms with E-state index in [9.17, 15) is 9.82 Å². The molecule has 2 aromatic rings. The number of Topliss-reactive ketones (excluding diaryl/α,β-unsaturated/α-hetero) is 1. The van der Waals surface area contributed by atoms with Crippen molar-refractivity contribution < 1.29 is 14.5 Å². The van der Waals surface area contributed by atoms with Crippen LogP contribution in [0.4, 0.5) is 0 Å². The highest BCUT2D eigenvalue weighted by Gasteiger charge is 2.25. The number of rotatable bonds is 3. The van der Waals surface area contributed by atoms with Gasteiger partial charge in [0.1, 0.15) is 0 Å². The fourth-order valence-electron chi connectivity index (χ4n) is 2.64. The van der Waals surface area contributed by atoms with Gasteiger partial charge >= 0.3 is 7.12 Å². The molecule has 0 aliphatic carbocycles. The summed E-state index contributed by atoms with van der Waals surface area (Å²) in [4.78, 5) is 12.4. The van der Waals surface area contributed by atoms with Gasteiger partial charge in [0, 0.05) is 23.6 Å². The highest BCUT2D eigenvalue weighted by atomic mass is 35.5. The van der Waals surface area contributed by atoms with E-state index in [1.54, 1.807) is 12.1 Å². The quantitative estimate of drug-likeness (QED) is 0.699. The molecule has 5 heteroatoms. The number of halogens is 1. The Kier molecular flexibility index (Phi) is 4.34. The molecular formula is C17H16BClO3. The van der Waals surface area contributed by atoms with Crippen LogP contribution in [0, 0.1) is 6.92 Å². The Morgan fingerprint density at radius 1 is 1.32 bits per heavy atom. The molecule has 0 bridgehead atoms. The number of aryl methyl sites for hydroxylation is 1. The summed E-state index contributed by atoms with van der Waals surface area (Å²) in [7, 11) is -0.896. The van der Waals surface area contributed by atoms with Crippen LogP contribution in [0.15, 0.2) is 36.4 Å². The molecular weight excluding hydrogens is 298 g/mol. The molecule has 0 aromatic heterocycles. The maximum Gasteiger partial charge on any atom is 0.491 e.